The monoisotopic (exact) mass is 354 g/mol. The molecule has 0 atom stereocenters. The van der Waals surface area contributed by atoms with Crippen LogP contribution in [-0.4, -0.2) is 46.1 Å². The van der Waals surface area contributed by atoms with Gasteiger partial charge in [-0.05, 0) is 32.8 Å². The molecule has 0 aliphatic heterocycles. The Balaban J connectivity index is 2.67. The van der Waals surface area contributed by atoms with Crippen molar-refractivity contribution >= 4 is 29.5 Å². The second-order valence-electron chi connectivity index (χ2n) is 5.98. The highest BCUT2D eigenvalue weighted by Crippen LogP contribution is 2.22. The number of carbonyl (C=O) groups is 2. The molecule has 0 aliphatic rings. The number of carbonyl (C=O) groups excluding carboxylic acids is 2. The average Bonchev–Trinajstić information content (AvgIpc) is 2.77. The molecule has 1 N–H and O–H groups in total. The van der Waals surface area contributed by atoms with E-state index in [2.05, 4.69) is 24.3 Å². The quantitative estimate of drug-likeness (QED) is 0.729. The first-order valence-electron chi connectivity index (χ1n) is 8.26. The fourth-order valence-electron chi connectivity index (χ4n) is 2.29. The Bertz CT molecular complexity index is 604. The minimum Gasteiger partial charge on any atom is -0.343 e. The molecule has 0 saturated heterocycles. The Morgan fingerprint density at radius 3 is 2.50 bits per heavy atom. The van der Waals surface area contributed by atoms with Gasteiger partial charge < -0.3 is 10.2 Å². The molecule has 0 spiro atoms. The van der Waals surface area contributed by atoms with E-state index >= 15 is 0 Å². The molecule has 2 amide bonds. The van der Waals surface area contributed by atoms with Crippen molar-refractivity contribution in [2.45, 2.75) is 41.2 Å². The standard InChI is InChI=1S/C17H27ClN4O2/c1-6-21(7-2)16(24)10-19-15(23)9-8-14-13(5)20-22(17(14)18)11-12(3)4/h8-9,12H,6-7,10-11H2,1-5H3,(H,19,23)/b9-8+. The number of amides is 2. The Kier molecular flexibility index (Phi) is 7.98. The van der Waals surface area contributed by atoms with Crippen molar-refractivity contribution in [2.24, 2.45) is 5.92 Å². The molecule has 0 unspecified atom stereocenters. The number of aromatic nitrogens is 2. The SMILES string of the molecule is CCN(CC)C(=O)CNC(=O)/C=C/c1c(C)nn(CC(C)C)c1Cl. The molecule has 1 aromatic heterocycles. The van der Waals surface area contributed by atoms with E-state index in [9.17, 15) is 9.59 Å². The zero-order valence-electron chi connectivity index (χ0n) is 15.1. The van der Waals surface area contributed by atoms with E-state index in [-0.39, 0.29) is 18.4 Å². The van der Waals surface area contributed by atoms with Gasteiger partial charge in [0.25, 0.3) is 0 Å². The maximum Gasteiger partial charge on any atom is 0.244 e. The summed E-state index contributed by atoms with van der Waals surface area (Å²) in [6, 6.07) is 0. The van der Waals surface area contributed by atoms with Gasteiger partial charge in [-0.3, -0.25) is 14.3 Å². The van der Waals surface area contributed by atoms with Crippen LogP contribution < -0.4 is 5.32 Å². The van der Waals surface area contributed by atoms with Crippen LogP contribution in [0.2, 0.25) is 5.15 Å². The second kappa shape index (κ2) is 9.47. The molecule has 1 rings (SSSR count). The van der Waals surface area contributed by atoms with Crippen molar-refractivity contribution in [1.82, 2.24) is 20.0 Å². The zero-order chi connectivity index (χ0) is 18.3. The molecule has 1 aromatic rings. The first-order valence-corrected chi connectivity index (χ1v) is 8.64. The summed E-state index contributed by atoms with van der Waals surface area (Å²) in [7, 11) is 0. The van der Waals surface area contributed by atoms with Crippen molar-refractivity contribution in [3.63, 3.8) is 0 Å². The molecular weight excluding hydrogens is 328 g/mol. The molecule has 6 nitrogen and oxygen atoms in total. The summed E-state index contributed by atoms with van der Waals surface area (Å²) >= 11 is 6.32. The third kappa shape index (κ3) is 5.67. The van der Waals surface area contributed by atoms with Crippen molar-refractivity contribution in [1.29, 1.82) is 0 Å². The van der Waals surface area contributed by atoms with Crippen LogP contribution in [0.15, 0.2) is 6.08 Å². The average molecular weight is 355 g/mol. The number of nitrogens with zero attached hydrogens (tertiary/aromatic N) is 3. The Labute approximate surface area is 148 Å². The van der Waals surface area contributed by atoms with Crippen LogP contribution in [0.25, 0.3) is 6.08 Å². The highest BCUT2D eigenvalue weighted by atomic mass is 35.5. The van der Waals surface area contributed by atoms with Crippen molar-refractivity contribution in [2.75, 3.05) is 19.6 Å². The molecule has 0 fully saturated rings. The highest BCUT2D eigenvalue weighted by Gasteiger charge is 2.13. The van der Waals surface area contributed by atoms with E-state index in [0.717, 1.165) is 17.8 Å². The number of rotatable bonds is 8. The van der Waals surface area contributed by atoms with E-state index in [1.165, 1.54) is 6.08 Å². The van der Waals surface area contributed by atoms with Crippen molar-refractivity contribution in [3.05, 3.63) is 22.5 Å². The lowest BCUT2D eigenvalue weighted by Crippen LogP contribution is -2.39. The Hall–Kier alpha value is -1.82. The third-order valence-electron chi connectivity index (χ3n) is 3.58. The first kappa shape index (κ1) is 20.2. The summed E-state index contributed by atoms with van der Waals surface area (Å²) in [5.74, 6) is -0.00341. The van der Waals surface area contributed by atoms with Gasteiger partial charge in [0.1, 0.15) is 5.15 Å². The van der Waals surface area contributed by atoms with Gasteiger partial charge in [0.05, 0.1) is 12.2 Å². The van der Waals surface area contributed by atoms with E-state index in [1.54, 1.807) is 15.7 Å². The van der Waals surface area contributed by atoms with E-state index in [4.69, 9.17) is 11.6 Å². The minimum absolute atomic E-state index is 0.00974. The minimum atomic E-state index is -0.331. The van der Waals surface area contributed by atoms with E-state index < -0.39 is 0 Å². The molecule has 1 heterocycles. The van der Waals surface area contributed by atoms with Crippen LogP contribution in [0.1, 0.15) is 39.0 Å². The van der Waals surface area contributed by atoms with Gasteiger partial charge in [0.2, 0.25) is 11.8 Å². The second-order valence-corrected chi connectivity index (χ2v) is 6.34. The van der Waals surface area contributed by atoms with Gasteiger partial charge in [-0.1, -0.05) is 25.4 Å². The summed E-state index contributed by atoms with van der Waals surface area (Å²) in [5.41, 5.74) is 1.49. The Morgan fingerprint density at radius 1 is 1.33 bits per heavy atom. The largest absolute Gasteiger partial charge is 0.343 e. The lowest BCUT2D eigenvalue weighted by Gasteiger charge is -2.18. The normalized spacial score (nSPS) is 11.3. The van der Waals surface area contributed by atoms with E-state index in [0.29, 0.717) is 24.2 Å². The zero-order valence-corrected chi connectivity index (χ0v) is 15.9. The number of halogens is 1. The maximum atomic E-state index is 11.9. The fourth-order valence-corrected chi connectivity index (χ4v) is 2.60. The van der Waals surface area contributed by atoms with Crippen molar-refractivity contribution in [3.8, 4) is 0 Å². The molecule has 0 aliphatic carbocycles. The van der Waals surface area contributed by atoms with Gasteiger partial charge in [0, 0.05) is 31.3 Å². The number of hydrogen-bond donors (Lipinski definition) is 1. The molecule has 7 heteroatoms. The molecule has 134 valence electrons. The van der Waals surface area contributed by atoms with Crippen molar-refractivity contribution < 1.29 is 9.59 Å². The number of hydrogen-bond acceptors (Lipinski definition) is 3. The molecule has 0 bridgehead atoms. The molecule has 0 radical (unpaired) electrons. The first-order chi connectivity index (χ1) is 11.3. The smallest absolute Gasteiger partial charge is 0.244 e. The van der Waals surface area contributed by atoms with Gasteiger partial charge in [-0.15, -0.1) is 0 Å². The number of nitrogens with one attached hydrogen (secondary N) is 1. The molecule has 0 aromatic carbocycles. The van der Waals surface area contributed by atoms with E-state index in [1.807, 2.05) is 20.8 Å². The summed E-state index contributed by atoms with van der Waals surface area (Å²) in [5, 5.41) is 7.50. The summed E-state index contributed by atoms with van der Waals surface area (Å²) in [6.07, 6.45) is 3.02. The molecular formula is C17H27ClN4O2. The predicted molar refractivity (Wildman–Crippen MR) is 96.8 cm³/mol. The Morgan fingerprint density at radius 2 is 1.96 bits per heavy atom. The van der Waals surface area contributed by atoms with Crippen LogP contribution in [0.3, 0.4) is 0 Å². The lowest BCUT2D eigenvalue weighted by atomic mass is 10.2. The van der Waals surface area contributed by atoms with Crippen LogP contribution in [0.5, 0.6) is 0 Å². The maximum absolute atomic E-state index is 11.9. The highest BCUT2D eigenvalue weighted by molar-refractivity contribution is 6.31. The number of aryl methyl sites for hydroxylation is 1. The summed E-state index contributed by atoms with van der Waals surface area (Å²) in [6.45, 7) is 11.8. The number of likely N-dealkylation sites (N-methyl/N-ethyl adjacent to an activating group) is 1. The van der Waals surface area contributed by atoms with Gasteiger partial charge in [-0.2, -0.15) is 5.10 Å². The molecule has 0 saturated carbocycles. The van der Waals surface area contributed by atoms with Crippen LogP contribution in [0, 0.1) is 12.8 Å². The van der Waals surface area contributed by atoms with Crippen LogP contribution >= 0.6 is 11.6 Å². The van der Waals surface area contributed by atoms with Crippen LogP contribution in [-0.2, 0) is 16.1 Å². The van der Waals surface area contributed by atoms with Crippen LogP contribution in [0.4, 0.5) is 0 Å². The lowest BCUT2D eigenvalue weighted by molar-refractivity contribution is -0.131. The van der Waals surface area contributed by atoms with Gasteiger partial charge in [0.15, 0.2) is 0 Å². The third-order valence-corrected chi connectivity index (χ3v) is 3.98. The summed E-state index contributed by atoms with van der Waals surface area (Å²) < 4.78 is 1.74. The van der Waals surface area contributed by atoms with Gasteiger partial charge in [-0.25, -0.2) is 0 Å². The topological polar surface area (TPSA) is 67.2 Å². The predicted octanol–water partition coefficient (Wildman–Crippen LogP) is 2.50. The summed E-state index contributed by atoms with van der Waals surface area (Å²) in [4.78, 5) is 25.4. The fraction of sp³-hybridized carbons (Fsp3) is 0.588. The molecule has 24 heavy (non-hydrogen) atoms. The van der Waals surface area contributed by atoms with Gasteiger partial charge >= 0.3 is 0 Å².